The van der Waals surface area contributed by atoms with Crippen LogP contribution in [0.1, 0.15) is 52.4 Å². The first-order valence-electron chi connectivity index (χ1n) is 8.27. The molecule has 0 spiro atoms. The predicted molar refractivity (Wildman–Crippen MR) is 81.1 cm³/mol. The highest BCUT2D eigenvalue weighted by Crippen LogP contribution is 2.34. The Bertz CT molecular complexity index is 371. The van der Waals surface area contributed by atoms with Crippen molar-refractivity contribution in [1.29, 1.82) is 0 Å². The van der Waals surface area contributed by atoms with Gasteiger partial charge in [-0.25, -0.2) is 4.79 Å². The lowest BCUT2D eigenvalue weighted by Crippen LogP contribution is -2.48. The minimum absolute atomic E-state index is 0.0821. The number of nitrogens with zero attached hydrogens (tertiary/aromatic N) is 1. The Kier molecular flexibility index (Phi) is 5.12. The number of rotatable bonds is 9. The molecule has 0 heterocycles. The molecule has 0 aromatic carbocycles. The van der Waals surface area contributed by atoms with Crippen LogP contribution < -0.4 is 5.32 Å². The fourth-order valence-electron chi connectivity index (χ4n) is 2.70. The standard InChI is InChI=1S/C16H28N2O3/c1-3-16(4-2,14(19)20)11-17-15(21)18(9-12-5-6-12)10-13-7-8-13/h12-13H,3-11H2,1-2H3,(H,17,21)(H,19,20). The second-order valence-corrected chi connectivity index (χ2v) is 6.74. The molecule has 2 fully saturated rings. The van der Waals surface area contributed by atoms with E-state index in [9.17, 15) is 14.7 Å². The molecule has 2 N–H and O–H groups in total. The zero-order valence-corrected chi connectivity index (χ0v) is 13.2. The molecule has 0 aliphatic heterocycles. The smallest absolute Gasteiger partial charge is 0.317 e. The van der Waals surface area contributed by atoms with Crippen molar-refractivity contribution in [1.82, 2.24) is 10.2 Å². The third kappa shape index (κ3) is 4.35. The molecular formula is C16H28N2O3. The molecule has 0 atom stereocenters. The monoisotopic (exact) mass is 296 g/mol. The summed E-state index contributed by atoms with van der Waals surface area (Å²) in [6.45, 7) is 5.63. The Labute approximate surface area is 127 Å². The summed E-state index contributed by atoms with van der Waals surface area (Å²) in [5.74, 6) is 0.510. The number of hydrogen-bond donors (Lipinski definition) is 2. The Hall–Kier alpha value is -1.26. The van der Waals surface area contributed by atoms with Gasteiger partial charge in [0.1, 0.15) is 0 Å². The summed E-state index contributed by atoms with van der Waals surface area (Å²) in [5.41, 5.74) is -0.833. The molecular weight excluding hydrogens is 268 g/mol. The number of nitrogens with one attached hydrogen (secondary N) is 1. The van der Waals surface area contributed by atoms with Crippen LogP contribution in [0.5, 0.6) is 0 Å². The van der Waals surface area contributed by atoms with Gasteiger partial charge in [0.05, 0.1) is 5.41 Å². The van der Waals surface area contributed by atoms with Gasteiger partial charge in [0.15, 0.2) is 0 Å². The Morgan fingerprint density at radius 1 is 1.10 bits per heavy atom. The number of aliphatic carboxylic acids is 1. The van der Waals surface area contributed by atoms with Crippen LogP contribution in [0.2, 0.25) is 0 Å². The van der Waals surface area contributed by atoms with Crippen molar-refractivity contribution in [2.24, 2.45) is 17.3 Å². The average molecular weight is 296 g/mol. The summed E-state index contributed by atoms with van der Waals surface area (Å²) in [7, 11) is 0. The first kappa shape index (κ1) is 16.1. The van der Waals surface area contributed by atoms with Crippen molar-refractivity contribution in [3.8, 4) is 0 Å². The second kappa shape index (κ2) is 6.67. The minimum Gasteiger partial charge on any atom is -0.481 e. The lowest BCUT2D eigenvalue weighted by atomic mass is 9.82. The summed E-state index contributed by atoms with van der Waals surface area (Å²) in [4.78, 5) is 25.8. The lowest BCUT2D eigenvalue weighted by molar-refractivity contribution is -0.149. The van der Waals surface area contributed by atoms with E-state index in [1.165, 1.54) is 25.7 Å². The van der Waals surface area contributed by atoms with Crippen LogP contribution in [0.4, 0.5) is 4.79 Å². The second-order valence-electron chi connectivity index (χ2n) is 6.74. The van der Waals surface area contributed by atoms with Crippen LogP contribution in [-0.4, -0.2) is 41.6 Å². The molecule has 2 aliphatic carbocycles. The molecule has 2 amide bonds. The van der Waals surface area contributed by atoms with Crippen molar-refractivity contribution < 1.29 is 14.7 Å². The van der Waals surface area contributed by atoms with E-state index in [-0.39, 0.29) is 12.6 Å². The van der Waals surface area contributed by atoms with Gasteiger partial charge in [-0.1, -0.05) is 13.8 Å². The van der Waals surface area contributed by atoms with Crippen molar-refractivity contribution in [2.45, 2.75) is 52.4 Å². The molecule has 2 aliphatic rings. The molecule has 2 saturated carbocycles. The molecule has 5 heteroatoms. The highest BCUT2D eigenvalue weighted by Gasteiger charge is 2.37. The number of amides is 2. The van der Waals surface area contributed by atoms with E-state index in [1.807, 2.05) is 18.7 Å². The number of carboxylic acids is 1. The van der Waals surface area contributed by atoms with Gasteiger partial charge < -0.3 is 15.3 Å². The van der Waals surface area contributed by atoms with Crippen molar-refractivity contribution in [2.75, 3.05) is 19.6 Å². The first-order valence-corrected chi connectivity index (χ1v) is 8.27. The normalized spacial score (nSPS) is 18.4. The number of carbonyl (C=O) groups excluding carboxylic acids is 1. The minimum atomic E-state index is -0.833. The first-order chi connectivity index (χ1) is 10.0. The molecule has 0 bridgehead atoms. The molecule has 0 radical (unpaired) electrons. The quantitative estimate of drug-likeness (QED) is 0.687. The molecule has 0 unspecified atom stereocenters. The van der Waals surface area contributed by atoms with E-state index in [0.717, 1.165) is 13.1 Å². The van der Waals surface area contributed by atoms with E-state index in [2.05, 4.69) is 5.32 Å². The largest absolute Gasteiger partial charge is 0.481 e. The van der Waals surface area contributed by atoms with E-state index < -0.39 is 11.4 Å². The number of hydrogen-bond acceptors (Lipinski definition) is 2. The summed E-state index contributed by atoms with van der Waals surface area (Å²) in [5, 5.41) is 12.3. The highest BCUT2D eigenvalue weighted by atomic mass is 16.4. The molecule has 0 aromatic rings. The molecule has 21 heavy (non-hydrogen) atoms. The van der Waals surface area contributed by atoms with Crippen LogP contribution >= 0.6 is 0 Å². The van der Waals surface area contributed by atoms with E-state index in [4.69, 9.17) is 0 Å². The van der Waals surface area contributed by atoms with Crippen LogP contribution in [0.3, 0.4) is 0 Å². The Balaban J connectivity index is 1.88. The molecule has 2 rings (SSSR count). The lowest BCUT2D eigenvalue weighted by Gasteiger charge is -2.29. The van der Waals surface area contributed by atoms with Gasteiger partial charge in [0.2, 0.25) is 0 Å². The van der Waals surface area contributed by atoms with Gasteiger partial charge in [-0.2, -0.15) is 0 Å². The van der Waals surface area contributed by atoms with Gasteiger partial charge in [0.25, 0.3) is 0 Å². The number of carbonyl (C=O) groups is 2. The summed E-state index contributed by atoms with van der Waals surface area (Å²) in [6, 6.07) is -0.0821. The highest BCUT2D eigenvalue weighted by molar-refractivity contribution is 5.78. The summed E-state index contributed by atoms with van der Waals surface area (Å²) >= 11 is 0. The zero-order chi connectivity index (χ0) is 15.5. The van der Waals surface area contributed by atoms with Gasteiger partial charge in [-0.3, -0.25) is 4.79 Å². The predicted octanol–water partition coefficient (Wildman–Crippen LogP) is 2.71. The van der Waals surface area contributed by atoms with Crippen LogP contribution in [0.15, 0.2) is 0 Å². The van der Waals surface area contributed by atoms with Gasteiger partial charge in [0, 0.05) is 19.6 Å². The molecule has 0 aromatic heterocycles. The van der Waals surface area contributed by atoms with E-state index >= 15 is 0 Å². The fraction of sp³-hybridized carbons (Fsp3) is 0.875. The van der Waals surface area contributed by atoms with Crippen LogP contribution in [-0.2, 0) is 4.79 Å². The van der Waals surface area contributed by atoms with Gasteiger partial charge in [-0.05, 0) is 50.4 Å². The third-order valence-electron chi connectivity index (χ3n) is 5.02. The zero-order valence-electron chi connectivity index (χ0n) is 13.2. The molecule has 5 nitrogen and oxygen atoms in total. The van der Waals surface area contributed by atoms with Crippen molar-refractivity contribution in [3.63, 3.8) is 0 Å². The number of carboxylic acid groups (broad SMARTS) is 1. The van der Waals surface area contributed by atoms with Crippen LogP contribution in [0, 0.1) is 17.3 Å². The fourth-order valence-corrected chi connectivity index (χ4v) is 2.70. The Morgan fingerprint density at radius 3 is 1.90 bits per heavy atom. The van der Waals surface area contributed by atoms with Crippen LogP contribution in [0.25, 0.3) is 0 Å². The summed E-state index contributed by atoms with van der Waals surface area (Å²) < 4.78 is 0. The van der Waals surface area contributed by atoms with Gasteiger partial charge >= 0.3 is 12.0 Å². The maximum absolute atomic E-state index is 12.4. The average Bonchev–Trinajstić information content (AvgIpc) is 3.34. The number of urea groups is 1. The topological polar surface area (TPSA) is 69.6 Å². The van der Waals surface area contributed by atoms with Gasteiger partial charge in [-0.15, -0.1) is 0 Å². The summed E-state index contributed by atoms with van der Waals surface area (Å²) in [6.07, 6.45) is 5.94. The van der Waals surface area contributed by atoms with E-state index in [0.29, 0.717) is 24.7 Å². The third-order valence-corrected chi connectivity index (χ3v) is 5.02. The maximum Gasteiger partial charge on any atom is 0.317 e. The SMILES string of the molecule is CCC(CC)(CNC(=O)N(CC1CC1)CC1CC1)C(=O)O. The van der Waals surface area contributed by atoms with E-state index in [1.54, 1.807) is 0 Å². The molecule has 0 saturated heterocycles. The molecule has 120 valence electrons. The Morgan fingerprint density at radius 2 is 1.57 bits per heavy atom. The maximum atomic E-state index is 12.4. The van der Waals surface area contributed by atoms with Crippen molar-refractivity contribution in [3.05, 3.63) is 0 Å². The van der Waals surface area contributed by atoms with Crippen molar-refractivity contribution >= 4 is 12.0 Å².